The summed E-state index contributed by atoms with van der Waals surface area (Å²) in [6, 6.07) is 5.35. The Morgan fingerprint density at radius 1 is 1.43 bits per heavy atom. The second-order valence-corrected chi connectivity index (χ2v) is 4.80. The second-order valence-electron chi connectivity index (χ2n) is 4.80. The number of carboxylic acids is 1. The van der Waals surface area contributed by atoms with Gasteiger partial charge in [0.2, 0.25) is 5.69 Å². The number of carboxylic acid groups (broad SMARTS) is 1. The van der Waals surface area contributed by atoms with Crippen LogP contribution >= 0.6 is 0 Å². The van der Waals surface area contributed by atoms with Crippen molar-refractivity contribution in [2.24, 2.45) is 5.92 Å². The second kappa shape index (κ2) is 6.09. The van der Waals surface area contributed by atoms with Gasteiger partial charge in [0.25, 0.3) is 5.88 Å². The molecule has 0 aliphatic heterocycles. The molecule has 6 heteroatoms. The summed E-state index contributed by atoms with van der Waals surface area (Å²) in [5.41, 5.74) is 1.61. The summed E-state index contributed by atoms with van der Waals surface area (Å²) in [5, 5.41) is 18.2. The van der Waals surface area contributed by atoms with Crippen LogP contribution in [0.4, 0.5) is 0 Å². The van der Waals surface area contributed by atoms with Gasteiger partial charge in [-0.2, -0.15) is 0 Å². The minimum Gasteiger partial charge on any atom is -0.476 e. The fraction of sp³-hybridized carbons (Fsp3) is 0.267. The zero-order chi connectivity index (χ0) is 15.4. The normalized spacial score (nSPS) is 10.1. The number of aromatic carboxylic acids is 1. The van der Waals surface area contributed by atoms with Crippen molar-refractivity contribution in [1.29, 1.82) is 0 Å². The molecule has 0 aliphatic carbocycles. The highest BCUT2D eigenvalue weighted by molar-refractivity contribution is 5.87. The Kier molecular flexibility index (Phi) is 4.24. The molecule has 6 nitrogen and oxygen atoms in total. The van der Waals surface area contributed by atoms with Gasteiger partial charge in [-0.3, -0.25) is 0 Å². The summed E-state index contributed by atoms with van der Waals surface area (Å²) in [6.07, 6.45) is 0. The van der Waals surface area contributed by atoms with Crippen molar-refractivity contribution < 1.29 is 14.6 Å². The number of nitrogens with zero attached hydrogens (tertiary/aromatic N) is 2. The van der Waals surface area contributed by atoms with Crippen LogP contribution < -0.4 is 4.74 Å². The van der Waals surface area contributed by atoms with Crippen LogP contribution in [0.1, 0.15) is 35.5 Å². The van der Waals surface area contributed by atoms with Crippen LogP contribution in [0.5, 0.6) is 11.6 Å². The Morgan fingerprint density at radius 3 is 2.81 bits per heavy atom. The molecule has 0 unspecified atom stereocenters. The van der Waals surface area contributed by atoms with Crippen LogP contribution in [0.2, 0.25) is 0 Å². The highest BCUT2D eigenvalue weighted by atomic mass is 16.5. The van der Waals surface area contributed by atoms with Gasteiger partial charge >= 0.3 is 5.97 Å². The molecular weight excluding hydrogens is 270 g/mol. The number of hydrogen-bond donors (Lipinski definition) is 2. The zero-order valence-electron chi connectivity index (χ0n) is 12.0. The Hall–Kier alpha value is -2.81. The molecule has 0 radical (unpaired) electrons. The topological polar surface area (TPSA) is 88.1 Å². The van der Waals surface area contributed by atoms with Gasteiger partial charge in [0.05, 0.1) is 0 Å². The molecule has 0 saturated carbocycles. The molecule has 0 aliphatic rings. The molecule has 0 bridgehead atoms. The van der Waals surface area contributed by atoms with E-state index >= 15 is 0 Å². The number of nitrogens with one attached hydrogen (secondary N) is 1. The number of hydrogen-bond acceptors (Lipinski definition) is 4. The van der Waals surface area contributed by atoms with Crippen molar-refractivity contribution in [3.63, 3.8) is 0 Å². The summed E-state index contributed by atoms with van der Waals surface area (Å²) in [5.74, 6) is 5.79. The quantitative estimate of drug-likeness (QED) is 0.846. The average molecular weight is 285 g/mol. The lowest BCUT2D eigenvalue weighted by Gasteiger charge is -2.05. The molecule has 0 fully saturated rings. The van der Waals surface area contributed by atoms with E-state index in [2.05, 4.69) is 27.3 Å². The van der Waals surface area contributed by atoms with E-state index in [1.807, 2.05) is 26.8 Å². The number of rotatable bonds is 3. The Balaban J connectivity index is 2.23. The fourth-order valence-corrected chi connectivity index (χ4v) is 1.61. The monoisotopic (exact) mass is 285 g/mol. The van der Waals surface area contributed by atoms with Gasteiger partial charge in [-0.1, -0.05) is 30.9 Å². The lowest BCUT2D eigenvalue weighted by molar-refractivity contribution is 0.0687. The van der Waals surface area contributed by atoms with Gasteiger partial charge in [0.15, 0.2) is 0 Å². The molecule has 2 rings (SSSR count). The van der Waals surface area contributed by atoms with E-state index in [-0.39, 0.29) is 11.6 Å². The molecule has 0 amide bonds. The first-order valence-electron chi connectivity index (χ1n) is 6.41. The van der Waals surface area contributed by atoms with E-state index in [0.29, 0.717) is 11.7 Å². The van der Waals surface area contributed by atoms with E-state index in [1.165, 1.54) is 0 Å². The number of carbonyl (C=O) groups is 1. The maximum atomic E-state index is 10.9. The lowest BCUT2D eigenvalue weighted by Crippen LogP contribution is -2.00. The average Bonchev–Trinajstić information content (AvgIpc) is 2.86. The fourth-order valence-electron chi connectivity index (χ4n) is 1.61. The van der Waals surface area contributed by atoms with Crippen LogP contribution in [0.3, 0.4) is 0 Å². The molecule has 21 heavy (non-hydrogen) atoms. The molecular formula is C15H15N3O3. The summed E-state index contributed by atoms with van der Waals surface area (Å²) in [6.45, 7) is 5.97. The number of H-pyrrole nitrogens is 1. The van der Waals surface area contributed by atoms with Crippen molar-refractivity contribution in [3.8, 4) is 23.5 Å². The van der Waals surface area contributed by atoms with E-state index in [9.17, 15) is 4.79 Å². The standard InChI is InChI=1S/C15H15N3O3/c1-9(2)4-5-11-6-7-12(8-10(11)3)21-14-13(15(19)20)16-18-17-14/h6-9H,1-3H3,(H,19,20)(H,16,17,18). The van der Waals surface area contributed by atoms with Crippen LogP contribution in [0, 0.1) is 24.7 Å². The predicted octanol–water partition coefficient (Wildman–Crippen LogP) is 2.61. The van der Waals surface area contributed by atoms with Gasteiger partial charge in [-0.25, -0.2) is 9.89 Å². The predicted molar refractivity (Wildman–Crippen MR) is 76.3 cm³/mol. The van der Waals surface area contributed by atoms with E-state index in [1.54, 1.807) is 12.1 Å². The maximum Gasteiger partial charge on any atom is 0.362 e. The van der Waals surface area contributed by atoms with E-state index in [0.717, 1.165) is 11.1 Å². The van der Waals surface area contributed by atoms with Crippen molar-refractivity contribution in [1.82, 2.24) is 15.4 Å². The number of aromatic amines is 1. The molecule has 108 valence electrons. The number of aryl methyl sites for hydroxylation is 1. The van der Waals surface area contributed by atoms with Crippen LogP contribution in [-0.4, -0.2) is 26.5 Å². The highest BCUT2D eigenvalue weighted by Crippen LogP contribution is 2.23. The SMILES string of the molecule is Cc1cc(Oc2[nH]nnc2C(=O)O)ccc1C#CC(C)C. The molecule has 0 atom stereocenters. The number of benzene rings is 1. The molecule has 1 aromatic heterocycles. The van der Waals surface area contributed by atoms with Crippen molar-refractivity contribution in [2.75, 3.05) is 0 Å². The summed E-state index contributed by atoms with van der Waals surface area (Å²) in [7, 11) is 0. The van der Waals surface area contributed by atoms with Gasteiger partial charge in [-0.05, 0) is 30.7 Å². The van der Waals surface area contributed by atoms with Gasteiger partial charge in [0, 0.05) is 11.5 Å². The number of aromatic nitrogens is 3. The van der Waals surface area contributed by atoms with Crippen LogP contribution in [-0.2, 0) is 0 Å². The largest absolute Gasteiger partial charge is 0.476 e. The van der Waals surface area contributed by atoms with Crippen LogP contribution in [0.15, 0.2) is 18.2 Å². The van der Waals surface area contributed by atoms with Crippen molar-refractivity contribution in [3.05, 3.63) is 35.0 Å². The smallest absolute Gasteiger partial charge is 0.362 e. The van der Waals surface area contributed by atoms with Gasteiger partial charge in [-0.15, -0.1) is 5.10 Å². The third-order valence-corrected chi connectivity index (χ3v) is 2.63. The van der Waals surface area contributed by atoms with Crippen molar-refractivity contribution in [2.45, 2.75) is 20.8 Å². The lowest BCUT2D eigenvalue weighted by atomic mass is 10.1. The van der Waals surface area contributed by atoms with Gasteiger partial charge < -0.3 is 9.84 Å². The van der Waals surface area contributed by atoms with E-state index < -0.39 is 5.97 Å². The molecule has 2 aromatic rings. The highest BCUT2D eigenvalue weighted by Gasteiger charge is 2.16. The summed E-state index contributed by atoms with van der Waals surface area (Å²) >= 11 is 0. The first kappa shape index (κ1) is 14.6. The molecule has 0 spiro atoms. The number of ether oxygens (including phenoxy) is 1. The Bertz CT molecular complexity index is 723. The third-order valence-electron chi connectivity index (χ3n) is 2.63. The molecule has 1 heterocycles. The Labute approximate surface area is 122 Å². The molecule has 2 N–H and O–H groups in total. The van der Waals surface area contributed by atoms with Crippen LogP contribution in [0.25, 0.3) is 0 Å². The first-order chi connectivity index (χ1) is 9.97. The van der Waals surface area contributed by atoms with E-state index in [4.69, 9.17) is 9.84 Å². The minimum absolute atomic E-state index is 0.00270. The molecule has 1 aromatic carbocycles. The maximum absolute atomic E-state index is 10.9. The van der Waals surface area contributed by atoms with Crippen molar-refractivity contribution >= 4 is 5.97 Å². The third kappa shape index (κ3) is 3.60. The molecule has 0 saturated heterocycles. The minimum atomic E-state index is -1.20. The van der Waals surface area contributed by atoms with Gasteiger partial charge in [0.1, 0.15) is 5.75 Å². The zero-order valence-corrected chi connectivity index (χ0v) is 12.0. The Morgan fingerprint density at radius 2 is 2.19 bits per heavy atom. The summed E-state index contributed by atoms with van der Waals surface area (Å²) in [4.78, 5) is 10.9. The summed E-state index contributed by atoms with van der Waals surface area (Å²) < 4.78 is 5.46. The first-order valence-corrected chi connectivity index (χ1v) is 6.41.